The zero-order valence-corrected chi connectivity index (χ0v) is 14.3. The fourth-order valence-corrected chi connectivity index (χ4v) is 3.14. The van der Waals surface area contributed by atoms with Crippen LogP contribution in [0.1, 0.15) is 11.1 Å². The quantitative estimate of drug-likeness (QED) is 0.307. The van der Waals surface area contributed by atoms with Crippen molar-refractivity contribution in [3.63, 3.8) is 0 Å². The van der Waals surface area contributed by atoms with E-state index in [0.29, 0.717) is 11.1 Å². The molecular weight excluding hydrogens is 347 g/mol. The lowest BCUT2D eigenvalue weighted by Gasteiger charge is -2.10. The minimum absolute atomic E-state index is 0.0939. The lowest BCUT2D eigenvalue weighted by molar-refractivity contribution is -0.144. The normalized spacial score (nSPS) is 11.0. The van der Waals surface area contributed by atoms with Gasteiger partial charge in [-0.2, -0.15) is 0 Å². The van der Waals surface area contributed by atoms with E-state index in [1.165, 1.54) is 18.2 Å². The van der Waals surface area contributed by atoms with Crippen molar-refractivity contribution in [1.82, 2.24) is 0 Å². The van der Waals surface area contributed by atoms with Gasteiger partial charge in [0.15, 0.2) is 0 Å². The Labute approximate surface area is 153 Å². The number of fused-ring (bicyclic) bond motifs is 3. The second-order valence-electron chi connectivity index (χ2n) is 6.18. The van der Waals surface area contributed by atoms with E-state index >= 15 is 0 Å². The second-order valence-corrected chi connectivity index (χ2v) is 6.18. The summed E-state index contributed by atoms with van der Waals surface area (Å²) in [4.78, 5) is 24.0. The monoisotopic (exact) mass is 362 g/mol. The highest BCUT2D eigenvalue weighted by Gasteiger charge is 2.13. The molecule has 0 aliphatic rings. The Hall–Kier alpha value is -3.47. The van der Waals surface area contributed by atoms with Gasteiger partial charge in [0.2, 0.25) is 0 Å². The molecule has 0 aliphatic heterocycles. The summed E-state index contributed by atoms with van der Waals surface area (Å²) in [5, 5.41) is 2.61. The number of rotatable bonds is 4. The molecule has 0 fully saturated rings. The van der Waals surface area contributed by atoms with Gasteiger partial charge in [-0.1, -0.05) is 48.5 Å². The van der Waals surface area contributed by atoms with Gasteiger partial charge in [0.1, 0.15) is 18.0 Å². The average Bonchev–Trinajstić information content (AvgIpc) is 2.67. The summed E-state index contributed by atoms with van der Waals surface area (Å²) in [5.74, 6) is -1.02. The zero-order chi connectivity index (χ0) is 18.8. The first-order chi connectivity index (χ1) is 13.1. The van der Waals surface area contributed by atoms with E-state index in [0.717, 1.165) is 16.2 Å². The van der Waals surface area contributed by atoms with Gasteiger partial charge in [-0.15, -0.1) is 0 Å². The number of benzene rings is 3. The van der Waals surface area contributed by atoms with Gasteiger partial charge in [0.25, 0.3) is 0 Å². The summed E-state index contributed by atoms with van der Waals surface area (Å²) < 4.78 is 24.3. The van der Waals surface area contributed by atoms with Crippen LogP contribution in [0, 0.1) is 5.82 Å². The molecule has 0 aliphatic carbocycles. The molecule has 1 heterocycles. The van der Waals surface area contributed by atoms with Crippen molar-refractivity contribution in [2.45, 2.75) is 13.0 Å². The fourth-order valence-electron chi connectivity index (χ4n) is 3.14. The van der Waals surface area contributed by atoms with E-state index in [1.807, 2.05) is 30.3 Å². The van der Waals surface area contributed by atoms with E-state index < -0.39 is 17.4 Å². The van der Waals surface area contributed by atoms with E-state index in [-0.39, 0.29) is 18.6 Å². The van der Waals surface area contributed by atoms with Gasteiger partial charge in [-0.3, -0.25) is 4.79 Å². The molecule has 0 bridgehead atoms. The Morgan fingerprint density at radius 2 is 1.74 bits per heavy atom. The minimum atomic E-state index is -0.568. The average molecular weight is 362 g/mol. The molecule has 3 aromatic carbocycles. The molecule has 0 N–H and O–H groups in total. The van der Waals surface area contributed by atoms with Gasteiger partial charge in [-0.25, -0.2) is 9.18 Å². The van der Waals surface area contributed by atoms with Crippen LogP contribution in [0.4, 0.5) is 4.39 Å². The lowest BCUT2D eigenvalue weighted by Crippen LogP contribution is -2.10. The van der Waals surface area contributed by atoms with Crippen molar-refractivity contribution in [1.29, 1.82) is 0 Å². The molecule has 0 radical (unpaired) electrons. The molecule has 0 unspecified atom stereocenters. The van der Waals surface area contributed by atoms with Crippen molar-refractivity contribution in [2.75, 3.05) is 0 Å². The number of carbonyl (C=O) groups excluding carboxylic acids is 1. The number of halogens is 1. The maximum atomic E-state index is 13.7. The molecule has 5 heteroatoms. The molecule has 0 saturated carbocycles. The summed E-state index contributed by atoms with van der Waals surface area (Å²) in [7, 11) is 0. The molecule has 0 atom stereocenters. The zero-order valence-electron chi connectivity index (χ0n) is 14.3. The Morgan fingerprint density at radius 1 is 0.963 bits per heavy atom. The van der Waals surface area contributed by atoms with Crippen LogP contribution in [0.5, 0.6) is 0 Å². The molecule has 1 aromatic heterocycles. The van der Waals surface area contributed by atoms with Crippen molar-refractivity contribution >= 4 is 27.7 Å². The first-order valence-corrected chi connectivity index (χ1v) is 8.45. The van der Waals surface area contributed by atoms with Crippen LogP contribution in [-0.2, 0) is 22.6 Å². The number of hydrogen-bond donors (Lipinski definition) is 0. The van der Waals surface area contributed by atoms with Crippen LogP contribution in [0.2, 0.25) is 0 Å². The van der Waals surface area contributed by atoms with Gasteiger partial charge >= 0.3 is 11.6 Å². The summed E-state index contributed by atoms with van der Waals surface area (Å²) in [6.07, 6.45) is -0.174. The molecule has 0 amide bonds. The van der Waals surface area contributed by atoms with Gasteiger partial charge in [-0.05, 0) is 28.5 Å². The third-order valence-corrected chi connectivity index (χ3v) is 4.40. The van der Waals surface area contributed by atoms with Crippen LogP contribution in [0.15, 0.2) is 75.9 Å². The SMILES string of the molecule is O=C(Cc1ccccc1F)OCc1cc(=O)oc2ccc3ccccc3c12. The summed E-state index contributed by atoms with van der Waals surface area (Å²) in [6.45, 7) is -0.0939. The van der Waals surface area contributed by atoms with Gasteiger partial charge in [0.05, 0.1) is 6.42 Å². The predicted octanol–water partition coefficient (Wildman–Crippen LogP) is 4.37. The van der Waals surface area contributed by atoms with E-state index in [9.17, 15) is 14.0 Å². The second kappa shape index (κ2) is 7.03. The number of esters is 1. The Balaban J connectivity index is 1.65. The van der Waals surface area contributed by atoms with Crippen molar-refractivity contribution in [2.24, 2.45) is 0 Å². The minimum Gasteiger partial charge on any atom is -0.461 e. The largest absolute Gasteiger partial charge is 0.461 e. The van der Waals surface area contributed by atoms with Gasteiger partial charge in [0, 0.05) is 17.0 Å². The molecule has 134 valence electrons. The fraction of sp³-hybridized carbons (Fsp3) is 0.0909. The number of ether oxygens (including phenoxy) is 1. The number of hydrogen-bond acceptors (Lipinski definition) is 4. The Bertz CT molecular complexity index is 1210. The predicted molar refractivity (Wildman–Crippen MR) is 99.9 cm³/mol. The summed E-state index contributed by atoms with van der Waals surface area (Å²) in [5.41, 5.74) is 0.740. The topological polar surface area (TPSA) is 56.5 Å². The van der Waals surface area contributed by atoms with Crippen LogP contribution in [0.25, 0.3) is 21.7 Å². The summed E-state index contributed by atoms with van der Waals surface area (Å²) in [6, 6.07) is 18.7. The third-order valence-electron chi connectivity index (χ3n) is 4.40. The molecular formula is C22H15FO4. The first kappa shape index (κ1) is 17.0. The van der Waals surface area contributed by atoms with Gasteiger partial charge < -0.3 is 9.15 Å². The van der Waals surface area contributed by atoms with Crippen LogP contribution in [0.3, 0.4) is 0 Å². The highest BCUT2D eigenvalue weighted by Crippen LogP contribution is 2.27. The lowest BCUT2D eigenvalue weighted by atomic mass is 10.0. The first-order valence-electron chi connectivity index (χ1n) is 8.45. The maximum absolute atomic E-state index is 13.7. The Morgan fingerprint density at radius 3 is 2.59 bits per heavy atom. The van der Waals surface area contributed by atoms with E-state index in [4.69, 9.17) is 9.15 Å². The number of carbonyl (C=O) groups is 1. The highest BCUT2D eigenvalue weighted by molar-refractivity contribution is 6.07. The van der Waals surface area contributed by atoms with E-state index in [2.05, 4.69) is 0 Å². The molecule has 4 aromatic rings. The summed E-state index contributed by atoms with van der Waals surface area (Å²) >= 11 is 0. The van der Waals surface area contributed by atoms with Crippen LogP contribution < -0.4 is 5.63 Å². The standard InChI is InChI=1S/C22H15FO4/c23-18-8-4-2-6-15(18)11-20(24)26-13-16-12-21(25)27-19-10-9-14-5-1-3-7-17(14)22(16)19/h1-10,12H,11,13H2. The van der Waals surface area contributed by atoms with Crippen molar-refractivity contribution in [3.05, 3.63) is 94.1 Å². The third kappa shape index (κ3) is 3.44. The smallest absolute Gasteiger partial charge is 0.336 e. The molecule has 0 saturated heterocycles. The van der Waals surface area contributed by atoms with Crippen LogP contribution >= 0.6 is 0 Å². The van der Waals surface area contributed by atoms with Crippen LogP contribution in [-0.4, -0.2) is 5.97 Å². The molecule has 4 nitrogen and oxygen atoms in total. The van der Waals surface area contributed by atoms with Crippen molar-refractivity contribution in [3.8, 4) is 0 Å². The molecule has 4 rings (SSSR count). The molecule has 0 spiro atoms. The maximum Gasteiger partial charge on any atom is 0.336 e. The molecule has 27 heavy (non-hydrogen) atoms. The van der Waals surface area contributed by atoms with E-state index in [1.54, 1.807) is 18.2 Å². The highest BCUT2D eigenvalue weighted by atomic mass is 19.1. The Kier molecular flexibility index (Phi) is 4.42. The van der Waals surface area contributed by atoms with Crippen molar-refractivity contribution < 1.29 is 18.3 Å².